The molecule has 1 saturated carbocycles. The molecule has 150 valence electrons. The van der Waals surface area contributed by atoms with E-state index in [1.165, 1.54) is 10.9 Å². The molecule has 1 unspecified atom stereocenters. The number of aliphatic hydroxyl groups excluding tert-OH is 2. The zero-order valence-electron chi connectivity index (χ0n) is 15.4. The van der Waals surface area contributed by atoms with Gasteiger partial charge in [0.25, 0.3) is 5.56 Å². The minimum Gasteiger partial charge on any atom is -0.393 e. The van der Waals surface area contributed by atoms with Crippen molar-refractivity contribution in [1.82, 2.24) is 19.5 Å². The SMILES string of the molecule is CC(C)C(=O)Nc1nc2c(ncn2[C@@H]2O[C@]3(CO)[C@H](O)C2OC32CC2)c(=O)[nH]1. The quantitative estimate of drug-likeness (QED) is 0.532. The third-order valence-corrected chi connectivity index (χ3v) is 5.95. The molecule has 2 aromatic heterocycles. The van der Waals surface area contributed by atoms with Crippen LogP contribution in [0.5, 0.6) is 0 Å². The lowest BCUT2D eigenvalue weighted by molar-refractivity contribution is -0.233. The average Bonchev–Trinajstić information content (AvgIpc) is 3.12. The number of ether oxygens (including phenoxy) is 2. The molecule has 5 rings (SSSR count). The van der Waals surface area contributed by atoms with Crippen molar-refractivity contribution in [3.05, 3.63) is 16.7 Å². The van der Waals surface area contributed by atoms with E-state index in [1.807, 2.05) is 0 Å². The number of rotatable bonds is 4. The highest BCUT2D eigenvalue weighted by atomic mass is 16.7. The van der Waals surface area contributed by atoms with Crippen molar-refractivity contribution in [2.45, 2.75) is 56.3 Å². The fraction of sp³-hybridized carbons (Fsp3) is 0.647. The van der Waals surface area contributed by atoms with E-state index in [1.54, 1.807) is 13.8 Å². The molecule has 11 nitrogen and oxygen atoms in total. The predicted molar refractivity (Wildman–Crippen MR) is 94.4 cm³/mol. The van der Waals surface area contributed by atoms with Crippen LogP contribution in [0.25, 0.3) is 11.2 Å². The second-order valence-corrected chi connectivity index (χ2v) is 7.96. The van der Waals surface area contributed by atoms with Gasteiger partial charge in [-0.1, -0.05) is 13.8 Å². The largest absolute Gasteiger partial charge is 0.393 e. The molecular weight excluding hydrogens is 370 g/mol. The van der Waals surface area contributed by atoms with Crippen molar-refractivity contribution < 1.29 is 24.5 Å². The van der Waals surface area contributed by atoms with Crippen LogP contribution in [-0.4, -0.2) is 65.7 Å². The second kappa shape index (κ2) is 5.60. The van der Waals surface area contributed by atoms with Crippen LogP contribution in [0, 0.1) is 5.92 Å². The molecule has 2 aliphatic heterocycles. The van der Waals surface area contributed by atoms with E-state index in [-0.39, 0.29) is 35.5 Å². The molecular formula is C17H21N5O6. The first kappa shape index (κ1) is 17.7. The molecule has 1 spiro atoms. The van der Waals surface area contributed by atoms with Crippen LogP contribution in [0.1, 0.15) is 32.9 Å². The molecule has 1 aliphatic carbocycles. The number of nitrogens with one attached hydrogen (secondary N) is 2. The van der Waals surface area contributed by atoms with Crippen molar-refractivity contribution in [2.75, 3.05) is 11.9 Å². The molecule has 0 aromatic carbocycles. The van der Waals surface area contributed by atoms with Crippen LogP contribution in [0.4, 0.5) is 5.95 Å². The highest BCUT2D eigenvalue weighted by Crippen LogP contribution is 2.64. The summed E-state index contributed by atoms with van der Waals surface area (Å²) in [5, 5.41) is 23.2. The molecule has 2 saturated heterocycles. The Morgan fingerprint density at radius 3 is 2.86 bits per heavy atom. The minimum atomic E-state index is -1.20. The minimum absolute atomic E-state index is 0.00175. The van der Waals surface area contributed by atoms with E-state index >= 15 is 0 Å². The van der Waals surface area contributed by atoms with E-state index in [0.29, 0.717) is 12.8 Å². The number of imidazole rings is 1. The van der Waals surface area contributed by atoms with E-state index in [0.717, 1.165) is 0 Å². The predicted octanol–water partition coefficient (Wildman–Crippen LogP) is -0.734. The topological polar surface area (TPSA) is 152 Å². The number of H-pyrrole nitrogens is 1. The molecule has 0 radical (unpaired) electrons. The summed E-state index contributed by atoms with van der Waals surface area (Å²) >= 11 is 0. The van der Waals surface area contributed by atoms with Gasteiger partial charge in [0.15, 0.2) is 23.0 Å². The molecule has 2 bridgehead atoms. The van der Waals surface area contributed by atoms with Gasteiger partial charge in [0.2, 0.25) is 11.9 Å². The fourth-order valence-electron chi connectivity index (χ4n) is 4.21. The normalized spacial score (nSPS) is 32.5. The number of amides is 1. The molecule has 1 amide bonds. The van der Waals surface area contributed by atoms with Crippen LogP contribution in [0.15, 0.2) is 11.1 Å². The molecule has 4 heterocycles. The van der Waals surface area contributed by atoms with Crippen molar-refractivity contribution in [3.63, 3.8) is 0 Å². The Morgan fingerprint density at radius 1 is 1.46 bits per heavy atom. The summed E-state index contributed by atoms with van der Waals surface area (Å²) in [6, 6.07) is 0. The Kier molecular flexibility index (Phi) is 3.55. The van der Waals surface area contributed by atoms with Crippen LogP contribution >= 0.6 is 0 Å². The first-order valence-electron chi connectivity index (χ1n) is 9.24. The molecule has 4 N–H and O–H groups in total. The monoisotopic (exact) mass is 391 g/mol. The van der Waals surface area contributed by atoms with Gasteiger partial charge in [-0.2, -0.15) is 4.98 Å². The first-order valence-corrected chi connectivity index (χ1v) is 9.24. The average molecular weight is 391 g/mol. The Balaban J connectivity index is 1.55. The standard InChI is InChI=1S/C17H21N5O6/c1-7(2)12(25)20-15-19-11-8(13(26)21-15)18-6-22(11)14-9-10(24)17(5-23,28-14)16(27-9)3-4-16/h6-7,9-10,14,23-24H,3-5H2,1-2H3,(H2,19,20,21,25,26)/t9?,10-,14-,17-/m1/s1. The third kappa shape index (κ3) is 2.12. The van der Waals surface area contributed by atoms with Gasteiger partial charge in [0.05, 0.1) is 12.9 Å². The van der Waals surface area contributed by atoms with Crippen LogP contribution in [0.2, 0.25) is 0 Å². The highest BCUT2D eigenvalue weighted by molar-refractivity contribution is 5.91. The number of aromatic amines is 1. The number of anilines is 1. The van der Waals surface area contributed by atoms with Gasteiger partial charge in [-0.05, 0) is 12.8 Å². The Labute approximate surface area is 158 Å². The number of hydrogen-bond donors (Lipinski definition) is 4. The van der Waals surface area contributed by atoms with Crippen LogP contribution in [-0.2, 0) is 14.3 Å². The first-order chi connectivity index (χ1) is 13.3. The molecule has 3 aliphatic rings. The summed E-state index contributed by atoms with van der Waals surface area (Å²) in [7, 11) is 0. The van der Waals surface area contributed by atoms with Crippen molar-refractivity contribution in [2.24, 2.45) is 5.92 Å². The van der Waals surface area contributed by atoms with Gasteiger partial charge < -0.3 is 19.7 Å². The lowest BCUT2D eigenvalue weighted by Crippen LogP contribution is -2.52. The molecule has 3 fully saturated rings. The number of aliphatic hydroxyl groups is 2. The van der Waals surface area contributed by atoms with Gasteiger partial charge in [-0.25, -0.2) is 4.98 Å². The Morgan fingerprint density at radius 2 is 2.21 bits per heavy atom. The summed E-state index contributed by atoms with van der Waals surface area (Å²) in [5.74, 6) is -0.584. The lowest BCUT2D eigenvalue weighted by atomic mass is 9.91. The number of aromatic nitrogens is 4. The van der Waals surface area contributed by atoms with Crippen LogP contribution < -0.4 is 10.9 Å². The molecule has 4 atom stereocenters. The Bertz CT molecular complexity index is 1030. The van der Waals surface area contributed by atoms with Gasteiger partial charge in [-0.15, -0.1) is 0 Å². The van der Waals surface area contributed by atoms with Crippen molar-refractivity contribution >= 4 is 23.0 Å². The summed E-state index contributed by atoms with van der Waals surface area (Å²) in [5.41, 5.74) is -2.10. The number of carbonyl (C=O) groups is 1. The lowest BCUT2D eigenvalue weighted by Gasteiger charge is -2.36. The fourth-order valence-corrected chi connectivity index (χ4v) is 4.21. The maximum Gasteiger partial charge on any atom is 0.280 e. The summed E-state index contributed by atoms with van der Waals surface area (Å²) < 4.78 is 13.6. The van der Waals surface area contributed by atoms with E-state index in [4.69, 9.17) is 9.47 Å². The number of nitrogens with zero attached hydrogens (tertiary/aromatic N) is 3. The molecule has 2 aromatic rings. The highest BCUT2D eigenvalue weighted by Gasteiger charge is 2.78. The zero-order valence-corrected chi connectivity index (χ0v) is 15.4. The van der Waals surface area contributed by atoms with E-state index in [9.17, 15) is 19.8 Å². The molecule has 28 heavy (non-hydrogen) atoms. The van der Waals surface area contributed by atoms with Crippen molar-refractivity contribution in [1.29, 1.82) is 0 Å². The number of fused-ring (bicyclic) bond motifs is 4. The van der Waals surface area contributed by atoms with Gasteiger partial charge in [0.1, 0.15) is 17.8 Å². The number of hydrogen-bond acceptors (Lipinski definition) is 8. The maximum absolute atomic E-state index is 12.4. The summed E-state index contributed by atoms with van der Waals surface area (Å²) in [6.45, 7) is 3.07. The summed E-state index contributed by atoms with van der Waals surface area (Å²) in [6.07, 6.45) is 0.268. The zero-order chi connectivity index (χ0) is 19.8. The Hall–Kier alpha value is -2.34. The van der Waals surface area contributed by atoms with Gasteiger partial charge >= 0.3 is 0 Å². The van der Waals surface area contributed by atoms with E-state index in [2.05, 4.69) is 20.3 Å². The van der Waals surface area contributed by atoms with Gasteiger partial charge in [0, 0.05) is 5.92 Å². The molecule has 11 heteroatoms. The van der Waals surface area contributed by atoms with Crippen molar-refractivity contribution in [3.8, 4) is 0 Å². The van der Waals surface area contributed by atoms with Crippen LogP contribution in [0.3, 0.4) is 0 Å². The summed E-state index contributed by atoms with van der Waals surface area (Å²) in [4.78, 5) is 35.2. The maximum atomic E-state index is 12.4. The third-order valence-electron chi connectivity index (χ3n) is 5.95. The van der Waals surface area contributed by atoms with Gasteiger partial charge in [-0.3, -0.25) is 24.5 Å². The van der Waals surface area contributed by atoms with E-state index < -0.39 is 35.2 Å². The second-order valence-electron chi connectivity index (χ2n) is 7.96. The smallest absolute Gasteiger partial charge is 0.280 e. The number of carbonyl (C=O) groups excluding carboxylic acids is 1.